The van der Waals surface area contributed by atoms with Crippen LogP contribution in [0.15, 0.2) is 64.4 Å². The Morgan fingerprint density at radius 2 is 1.88 bits per heavy atom. The zero-order valence-corrected chi connectivity index (χ0v) is 19.5. The lowest BCUT2D eigenvalue weighted by Crippen LogP contribution is -2.31. The summed E-state index contributed by atoms with van der Waals surface area (Å²) in [6, 6.07) is 18.5. The van der Waals surface area contributed by atoms with Crippen molar-refractivity contribution in [1.29, 1.82) is 0 Å². The molecular formula is C26H29N5OS. The number of H-pyrrole nitrogens is 1. The number of aliphatic imine (C=N–C) groups is 1. The molecule has 2 heterocycles. The van der Waals surface area contributed by atoms with Gasteiger partial charge in [0.05, 0.1) is 21.5 Å². The summed E-state index contributed by atoms with van der Waals surface area (Å²) in [5.41, 5.74) is 3.05. The van der Waals surface area contributed by atoms with E-state index in [1.807, 2.05) is 54.6 Å². The van der Waals surface area contributed by atoms with Gasteiger partial charge in [0.15, 0.2) is 0 Å². The molecular weight excluding hydrogens is 430 g/mol. The monoisotopic (exact) mass is 459 g/mol. The molecule has 2 aromatic carbocycles. The van der Waals surface area contributed by atoms with Crippen LogP contribution in [0, 0.1) is 0 Å². The summed E-state index contributed by atoms with van der Waals surface area (Å²) in [7, 11) is 0. The van der Waals surface area contributed by atoms with Gasteiger partial charge in [-0.05, 0) is 37.9 Å². The average Bonchev–Trinajstić information content (AvgIpc) is 3.43. The zero-order valence-electron chi connectivity index (χ0n) is 18.7. The normalized spacial score (nSPS) is 15.0. The van der Waals surface area contributed by atoms with Gasteiger partial charge in [-0.1, -0.05) is 73.1 Å². The Bertz CT molecular complexity index is 1250. The largest absolute Gasteiger partial charge is 0.314 e. The summed E-state index contributed by atoms with van der Waals surface area (Å²) in [5.74, 6) is 0. The van der Waals surface area contributed by atoms with E-state index in [4.69, 9.17) is 0 Å². The molecule has 5 rings (SSSR count). The minimum absolute atomic E-state index is 0.128. The predicted molar refractivity (Wildman–Crippen MR) is 137 cm³/mol. The summed E-state index contributed by atoms with van der Waals surface area (Å²) >= 11 is 1.50. The molecule has 0 bridgehead atoms. The van der Waals surface area contributed by atoms with Crippen molar-refractivity contribution in [3.63, 3.8) is 0 Å². The molecule has 1 aliphatic rings. The van der Waals surface area contributed by atoms with E-state index < -0.39 is 0 Å². The minimum atomic E-state index is -0.128. The van der Waals surface area contributed by atoms with Crippen molar-refractivity contribution in [3.05, 3.63) is 70.5 Å². The van der Waals surface area contributed by atoms with E-state index in [0.29, 0.717) is 23.3 Å². The van der Waals surface area contributed by atoms with E-state index in [2.05, 4.69) is 20.4 Å². The van der Waals surface area contributed by atoms with Crippen molar-refractivity contribution in [3.8, 4) is 16.4 Å². The van der Waals surface area contributed by atoms with Gasteiger partial charge in [-0.25, -0.2) is 4.98 Å². The van der Waals surface area contributed by atoms with Gasteiger partial charge < -0.3 is 5.32 Å². The van der Waals surface area contributed by atoms with Crippen LogP contribution >= 0.6 is 11.3 Å². The number of nitrogens with zero attached hydrogens (tertiary/aromatic N) is 3. The van der Waals surface area contributed by atoms with Crippen LogP contribution in [0.4, 0.5) is 0 Å². The molecule has 1 saturated carbocycles. The molecule has 0 radical (unpaired) electrons. The number of fused-ring (bicyclic) bond motifs is 1. The number of aromatic nitrogens is 3. The fourth-order valence-corrected chi connectivity index (χ4v) is 5.35. The van der Waals surface area contributed by atoms with Gasteiger partial charge in [0.2, 0.25) is 5.13 Å². The first-order valence-electron chi connectivity index (χ1n) is 11.8. The van der Waals surface area contributed by atoms with Crippen molar-refractivity contribution in [2.24, 2.45) is 4.99 Å². The predicted octanol–water partition coefficient (Wildman–Crippen LogP) is 5.17. The van der Waals surface area contributed by atoms with Gasteiger partial charge in [0.1, 0.15) is 0 Å². The van der Waals surface area contributed by atoms with Crippen LogP contribution in [0.1, 0.15) is 44.1 Å². The maximum atomic E-state index is 13.4. The molecule has 7 heteroatoms. The Labute approximate surface area is 197 Å². The number of hydrogen-bond acceptors (Lipinski definition) is 5. The summed E-state index contributed by atoms with van der Waals surface area (Å²) in [6.45, 7) is 1.66. The molecule has 0 amide bonds. The second-order valence-electron chi connectivity index (χ2n) is 8.55. The van der Waals surface area contributed by atoms with Crippen LogP contribution in [0.25, 0.3) is 26.6 Å². The highest BCUT2D eigenvalue weighted by Crippen LogP contribution is 2.25. The molecule has 33 heavy (non-hydrogen) atoms. The standard InChI is InChI=1S/C26H29N5OS/c32-25-21(18-27-16-9-17-28-20-12-5-2-6-13-20)24(19-10-3-1-4-11-19)30-31(25)26-29-22-14-7-8-15-23(22)33-26/h1,3-4,7-8,10-11,14-15,18,20,28,30H,2,5-6,9,12-13,16-17H2. The Morgan fingerprint density at radius 3 is 2.70 bits per heavy atom. The summed E-state index contributed by atoms with van der Waals surface area (Å²) in [5, 5.41) is 7.58. The number of nitrogens with one attached hydrogen (secondary N) is 2. The Kier molecular flexibility index (Phi) is 6.79. The molecule has 1 aliphatic carbocycles. The van der Waals surface area contributed by atoms with Crippen molar-refractivity contribution in [2.45, 2.75) is 44.6 Å². The van der Waals surface area contributed by atoms with Crippen molar-refractivity contribution in [1.82, 2.24) is 20.1 Å². The summed E-state index contributed by atoms with van der Waals surface area (Å²) in [6.07, 6.45) is 9.32. The maximum absolute atomic E-state index is 13.4. The van der Waals surface area contributed by atoms with Crippen LogP contribution in [0.5, 0.6) is 0 Å². The van der Waals surface area contributed by atoms with E-state index in [-0.39, 0.29) is 5.56 Å². The molecule has 2 N–H and O–H groups in total. The quantitative estimate of drug-likeness (QED) is 0.282. The third-order valence-corrected chi connectivity index (χ3v) is 7.21. The number of para-hydroxylation sites is 1. The molecule has 0 aliphatic heterocycles. The fourth-order valence-electron chi connectivity index (χ4n) is 4.42. The molecule has 2 aromatic heterocycles. The average molecular weight is 460 g/mol. The van der Waals surface area contributed by atoms with Crippen LogP contribution in [0.3, 0.4) is 0 Å². The van der Waals surface area contributed by atoms with E-state index in [1.54, 1.807) is 10.9 Å². The fraction of sp³-hybridized carbons (Fsp3) is 0.346. The second-order valence-corrected chi connectivity index (χ2v) is 9.56. The van der Waals surface area contributed by atoms with Crippen LogP contribution in [0.2, 0.25) is 0 Å². The van der Waals surface area contributed by atoms with Crippen molar-refractivity contribution >= 4 is 27.8 Å². The third-order valence-electron chi connectivity index (χ3n) is 6.19. The van der Waals surface area contributed by atoms with E-state index in [1.165, 1.54) is 43.4 Å². The molecule has 0 saturated heterocycles. The molecule has 0 atom stereocenters. The van der Waals surface area contributed by atoms with Crippen molar-refractivity contribution in [2.75, 3.05) is 13.1 Å². The van der Waals surface area contributed by atoms with Gasteiger partial charge >= 0.3 is 0 Å². The van der Waals surface area contributed by atoms with Gasteiger partial charge in [-0.3, -0.25) is 14.9 Å². The number of thiazole rings is 1. The van der Waals surface area contributed by atoms with Crippen LogP contribution in [-0.2, 0) is 0 Å². The third kappa shape index (κ3) is 4.99. The smallest absolute Gasteiger partial charge is 0.282 e. The number of benzene rings is 2. The van der Waals surface area contributed by atoms with Gasteiger partial charge in [-0.2, -0.15) is 4.68 Å². The topological polar surface area (TPSA) is 75.1 Å². The molecule has 0 spiro atoms. The van der Waals surface area contributed by atoms with E-state index in [9.17, 15) is 4.79 Å². The Hall–Kier alpha value is -3.03. The second kappa shape index (κ2) is 10.3. The highest BCUT2D eigenvalue weighted by Gasteiger charge is 2.17. The maximum Gasteiger partial charge on any atom is 0.282 e. The lowest BCUT2D eigenvalue weighted by atomic mass is 9.95. The van der Waals surface area contributed by atoms with Crippen LogP contribution < -0.4 is 10.9 Å². The lowest BCUT2D eigenvalue weighted by molar-refractivity contribution is 0.373. The van der Waals surface area contributed by atoms with Gasteiger partial charge in [0, 0.05) is 24.4 Å². The molecule has 0 unspecified atom stereocenters. The molecule has 170 valence electrons. The first-order chi connectivity index (χ1) is 16.3. The summed E-state index contributed by atoms with van der Waals surface area (Å²) < 4.78 is 2.59. The number of rotatable bonds is 8. The molecule has 6 nitrogen and oxygen atoms in total. The summed E-state index contributed by atoms with van der Waals surface area (Å²) in [4.78, 5) is 22.6. The molecule has 4 aromatic rings. The highest BCUT2D eigenvalue weighted by atomic mass is 32.1. The van der Waals surface area contributed by atoms with Gasteiger partial charge in [-0.15, -0.1) is 0 Å². The minimum Gasteiger partial charge on any atom is -0.314 e. The number of hydrogen-bond donors (Lipinski definition) is 2. The van der Waals surface area contributed by atoms with Gasteiger partial charge in [0.25, 0.3) is 5.56 Å². The Balaban J connectivity index is 1.36. The SMILES string of the molecule is O=c1c(C=NCCCNC2CCCCC2)c(-c2ccccc2)[nH]n1-c1nc2ccccc2s1. The van der Waals surface area contributed by atoms with E-state index >= 15 is 0 Å². The molecule has 1 fully saturated rings. The number of aromatic amines is 1. The first-order valence-corrected chi connectivity index (χ1v) is 12.6. The van der Waals surface area contributed by atoms with E-state index in [0.717, 1.165) is 34.4 Å². The first kappa shape index (κ1) is 21.8. The highest BCUT2D eigenvalue weighted by molar-refractivity contribution is 7.20. The lowest BCUT2D eigenvalue weighted by Gasteiger charge is -2.22. The van der Waals surface area contributed by atoms with Crippen LogP contribution in [-0.4, -0.2) is 40.1 Å². The zero-order chi connectivity index (χ0) is 22.5. The Morgan fingerprint density at radius 1 is 1.09 bits per heavy atom. The van der Waals surface area contributed by atoms with Crippen molar-refractivity contribution < 1.29 is 0 Å².